The first kappa shape index (κ1) is 17.3. The van der Waals surface area contributed by atoms with E-state index in [1.54, 1.807) is 18.9 Å². The SMILES string of the molecule is CCCCN(C)C(=O)C(=O)N1CCN(C(=O)OCC)CC1. The molecule has 0 unspecified atom stereocenters. The van der Waals surface area contributed by atoms with Gasteiger partial charge < -0.3 is 19.4 Å². The third-order valence-corrected chi connectivity index (χ3v) is 3.47. The lowest BCUT2D eigenvalue weighted by molar-refractivity contribution is -0.152. The Kier molecular flexibility index (Phi) is 6.98. The zero-order chi connectivity index (χ0) is 15.8. The van der Waals surface area contributed by atoms with Gasteiger partial charge in [0.25, 0.3) is 0 Å². The Morgan fingerprint density at radius 1 is 1.05 bits per heavy atom. The molecule has 0 N–H and O–H groups in total. The largest absolute Gasteiger partial charge is 0.450 e. The molecule has 7 nitrogen and oxygen atoms in total. The number of unbranched alkanes of at least 4 members (excludes halogenated alkanes) is 1. The second kappa shape index (κ2) is 8.49. The van der Waals surface area contributed by atoms with Gasteiger partial charge in [0, 0.05) is 39.8 Å². The van der Waals surface area contributed by atoms with Crippen LogP contribution in [0.3, 0.4) is 0 Å². The van der Waals surface area contributed by atoms with Gasteiger partial charge in [0.05, 0.1) is 6.61 Å². The van der Waals surface area contributed by atoms with E-state index in [1.807, 2.05) is 6.92 Å². The maximum absolute atomic E-state index is 12.1. The van der Waals surface area contributed by atoms with E-state index < -0.39 is 11.8 Å². The third kappa shape index (κ3) is 4.91. The first-order chi connectivity index (χ1) is 10.0. The van der Waals surface area contributed by atoms with Crippen molar-refractivity contribution in [2.24, 2.45) is 0 Å². The van der Waals surface area contributed by atoms with E-state index in [2.05, 4.69) is 0 Å². The summed E-state index contributed by atoms with van der Waals surface area (Å²) >= 11 is 0. The van der Waals surface area contributed by atoms with Gasteiger partial charge in [0.2, 0.25) is 0 Å². The zero-order valence-electron chi connectivity index (χ0n) is 13.1. The number of carbonyl (C=O) groups is 3. The number of rotatable bonds is 4. The van der Waals surface area contributed by atoms with E-state index in [0.717, 1.165) is 12.8 Å². The molecule has 0 aromatic rings. The molecule has 1 fully saturated rings. The number of amides is 3. The van der Waals surface area contributed by atoms with Gasteiger partial charge in [-0.1, -0.05) is 13.3 Å². The summed E-state index contributed by atoms with van der Waals surface area (Å²) in [5, 5.41) is 0. The summed E-state index contributed by atoms with van der Waals surface area (Å²) < 4.78 is 4.92. The molecule has 0 bridgehead atoms. The van der Waals surface area contributed by atoms with Crippen molar-refractivity contribution in [2.75, 3.05) is 46.4 Å². The summed E-state index contributed by atoms with van der Waals surface area (Å²) in [6.45, 7) is 6.24. The average Bonchev–Trinajstić information content (AvgIpc) is 2.51. The highest BCUT2D eigenvalue weighted by Crippen LogP contribution is 2.06. The van der Waals surface area contributed by atoms with Crippen molar-refractivity contribution in [3.05, 3.63) is 0 Å². The summed E-state index contributed by atoms with van der Waals surface area (Å²) in [6, 6.07) is 0. The standard InChI is InChI=1S/C14H25N3O4/c1-4-6-7-15(3)12(18)13(19)16-8-10-17(11-9-16)14(20)21-5-2/h4-11H2,1-3H3. The monoisotopic (exact) mass is 299 g/mol. The first-order valence-electron chi connectivity index (χ1n) is 7.47. The van der Waals surface area contributed by atoms with Gasteiger partial charge in [-0.05, 0) is 13.3 Å². The maximum atomic E-state index is 12.1. The molecule has 0 aliphatic carbocycles. The Balaban J connectivity index is 2.44. The molecule has 21 heavy (non-hydrogen) atoms. The smallest absolute Gasteiger partial charge is 0.409 e. The fourth-order valence-corrected chi connectivity index (χ4v) is 2.10. The molecule has 0 aromatic carbocycles. The van der Waals surface area contributed by atoms with Crippen LogP contribution in [0.4, 0.5) is 4.79 Å². The van der Waals surface area contributed by atoms with Gasteiger partial charge in [-0.3, -0.25) is 9.59 Å². The van der Waals surface area contributed by atoms with E-state index in [-0.39, 0.29) is 6.09 Å². The molecule has 0 aromatic heterocycles. The Morgan fingerprint density at radius 3 is 2.14 bits per heavy atom. The third-order valence-electron chi connectivity index (χ3n) is 3.47. The molecule has 7 heteroatoms. The Bertz CT molecular complexity index is 378. The van der Waals surface area contributed by atoms with Crippen molar-refractivity contribution in [3.63, 3.8) is 0 Å². The van der Waals surface area contributed by atoms with Crippen molar-refractivity contribution in [1.29, 1.82) is 0 Å². The van der Waals surface area contributed by atoms with Crippen LogP contribution in [0.1, 0.15) is 26.7 Å². The molecule has 1 saturated heterocycles. The first-order valence-corrected chi connectivity index (χ1v) is 7.47. The molecule has 0 saturated carbocycles. The van der Waals surface area contributed by atoms with Crippen molar-refractivity contribution in [1.82, 2.24) is 14.7 Å². The predicted octanol–water partition coefficient (Wildman–Crippen LogP) is 0.546. The van der Waals surface area contributed by atoms with E-state index in [9.17, 15) is 14.4 Å². The van der Waals surface area contributed by atoms with Crippen LogP contribution >= 0.6 is 0 Å². The summed E-state index contributed by atoms with van der Waals surface area (Å²) in [6.07, 6.45) is 1.49. The average molecular weight is 299 g/mol. The second-order valence-corrected chi connectivity index (χ2v) is 5.06. The summed E-state index contributed by atoms with van der Waals surface area (Å²) in [7, 11) is 1.64. The summed E-state index contributed by atoms with van der Waals surface area (Å²) in [5.74, 6) is -0.967. The lowest BCUT2D eigenvalue weighted by atomic mass is 10.3. The van der Waals surface area contributed by atoms with Gasteiger partial charge in [-0.25, -0.2) is 4.79 Å². The van der Waals surface area contributed by atoms with E-state index in [1.165, 1.54) is 9.80 Å². The maximum Gasteiger partial charge on any atom is 0.409 e. The quantitative estimate of drug-likeness (QED) is 0.711. The van der Waals surface area contributed by atoms with Crippen molar-refractivity contribution < 1.29 is 19.1 Å². The highest BCUT2D eigenvalue weighted by atomic mass is 16.6. The number of likely N-dealkylation sites (N-methyl/N-ethyl adjacent to an activating group) is 1. The van der Waals surface area contributed by atoms with Crippen LogP contribution < -0.4 is 0 Å². The lowest BCUT2D eigenvalue weighted by Crippen LogP contribution is -2.54. The van der Waals surface area contributed by atoms with Gasteiger partial charge in [-0.2, -0.15) is 0 Å². The van der Waals surface area contributed by atoms with Crippen LogP contribution in [0.2, 0.25) is 0 Å². The molecular weight excluding hydrogens is 274 g/mol. The van der Waals surface area contributed by atoms with E-state index >= 15 is 0 Å². The van der Waals surface area contributed by atoms with E-state index in [0.29, 0.717) is 39.3 Å². The molecule has 0 radical (unpaired) electrons. The number of nitrogens with zero attached hydrogens (tertiary/aromatic N) is 3. The molecular formula is C14H25N3O4. The van der Waals surface area contributed by atoms with Crippen molar-refractivity contribution in [2.45, 2.75) is 26.7 Å². The normalized spacial score (nSPS) is 14.8. The van der Waals surface area contributed by atoms with Gasteiger partial charge in [-0.15, -0.1) is 0 Å². The highest BCUT2D eigenvalue weighted by molar-refractivity contribution is 6.34. The van der Waals surface area contributed by atoms with Crippen LogP contribution in [0, 0.1) is 0 Å². The van der Waals surface area contributed by atoms with Crippen molar-refractivity contribution in [3.8, 4) is 0 Å². The van der Waals surface area contributed by atoms with Crippen LogP contribution in [-0.2, 0) is 14.3 Å². The highest BCUT2D eigenvalue weighted by Gasteiger charge is 2.29. The molecule has 1 aliphatic rings. The molecule has 0 atom stereocenters. The minimum atomic E-state index is -0.489. The van der Waals surface area contributed by atoms with Gasteiger partial charge in [0.15, 0.2) is 0 Å². The van der Waals surface area contributed by atoms with Crippen LogP contribution in [0.5, 0.6) is 0 Å². The van der Waals surface area contributed by atoms with E-state index in [4.69, 9.17) is 4.74 Å². The molecule has 3 amide bonds. The zero-order valence-corrected chi connectivity index (χ0v) is 13.1. The number of carbonyl (C=O) groups excluding carboxylic acids is 3. The Hall–Kier alpha value is -1.79. The number of hydrogen-bond donors (Lipinski definition) is 0. The van der Waals surface area contributed by atoms with Gasteiger partial charge in [0.1, 0.15) is 0 Å². The summed E-state index contributed by atoms with van der Waals surface area (Å²) in [4.78, 5) is 40.2. The molecule has 1 aliphatic heterocycles. The van der Waals surface area contributed by atoms with Crippen LogP contribution in [0.25, 0.3) is 0 Å². The minimum absolute atomic E-state index is 0.332. The number of ether oxygens (including phenoxy) is 1. The van der Waals surface area contributed by atoms with Crippen LogP contribution in [0.15, 0.2) is 0 Å². The molecule has 120 valence electrons. The van der Waals surface area contributed by atoms with Crippen LogP contribution in [-0.4, -0.2) is 79.0 Å². The minimum Gasteiger partial charge on any atom is -0.450 e. The molecule has 1 heterocycles. The number of piperazine rings is 1. The summed E-state index contributed by atoms with van der Waals surface area (Å²) in [5.41, 5.74) is 0. The number of hydrogen-bond acceptors (Lipinski definition) is 4. The fraction of sp³-hybridized carbons (Fsp3) is 0.786. The molecule has 1 rings (SSSR count). The fourth-order valence-electron chi connectivity index (χ4n) is 2.10. The second-order valence-electron chi connectivity index (χ2n) is 5.06. The Labute approximate surface area is 125 Å². The molecule has 0 spiro atoms. The lowest BCUT2D eigenvalue weighted by Gasteiger charge is -2.34. The topological polar surface area (TPSA) is 70.2 Å². The Morgan fingerprint density at radius 2 is 1.62 bits per heavy atom. The predicted molar refractivity (Wildman–Crippen MR) is 77.7 cm³/mol. The van der Waals surface area contributed by atoms with Gasteiger partial charge >= 0.3 is 17.9 Å². The van der Waals surface area contributed by atoms with Crippen molar-refractivity contribution >= 4 is 17.9 Å².